The molecule has 0 saturated heterocycles. The van der Waals surface area contributed by atoms with Gasteiger partial charge in [-0.2, -0.15) is 0 Å². The lowest BCUT2D eigenvalue weighted by Crippen LogP contribution is -2.45. The summed E-state index contributed by atoms with van der Waals surface area (Å²) in [4.78, 5) is 12.9. The molecule has 28 heavy (non-hydrogen) atoms. The summed E-state index contributed by atoms with van der Waals surface area (Å²) in [7, 11) is 0. The van der Waals surface area contributed by atoms with Gasteiger partial charge < -0.3 is 20.1 Å². The van der Waals surface area contributed by atoms with E-state index in [9.17, 15) is 4.79 Å². The van der Waals surface area contributed by atoms with Gasteiger partial charge in [-0.1, -0.05) is 42.5 Å². The summed E-state index contributed by atoms with van der Waals surface area (Å²) in [6.45, 7) is 6.05. The third-order valence-corrected chi connectivity index (χ3v) is 4.43. The molecule has 0 aliphatic carbocycles. The lowest BCUT2D eigenvalue weighted by molar-refractivity contribution is -0.138. The van der Waals surface area contributed by atoms with Crippen molar-refractivity contribution in [2.75, 3.05) is 6.61 Å². The van der Waals surface area contributed by atoms with Crippen molar-refractivity contribution in [2.45, 2.75) is 32.9 Å². The second-order valence-electron chi connectivity index (χ2n) is 6.64. The molecule has 2 aromatic carbocycles. The first-order valence-electron chi connectivity index (χ1n) is 9.30. The van der Waals surface area contributed by atoms with E-state index in [1.54, 1.807) is 6.92 Å². The van der Waals surface area contributed by atoms with Crippen molar-refractivity contribution in [3.05, 3.63) is 71.3 Å². The molecule has 146 valence electrons. The fourth-order valence-electron chi connectivity index (χ4n) is 3.09. The fourth-order valence-corrected chi connectivity index (χ4v) is 3.31. The lowest BCUT2D eigenvalue weighted by atomic mass is 9.93. The minimum absolute atomic E-state index is 0.0927. The number of carbonyl (C=O) groups excluding carboxylic acids is 1. The predicted octanol–water partition coefficient (Wildman–Crippen LogP) is 3.97. The fraction of sp³-hybridized carbons (Fsp3) is 0.273. The van der Waals surface area contributed by atoms with E-state index in [-0.39, 0.29) is 12.1 Å². The molecular formula is C22H24N2O3S. The highest BCUT2D eigenvalue weighted by Gasteiger charge is 2.33. The van der Waals surface area contributed by atoms with Crippen LogP contribution in [0.3, 0.4) is 0 Å². The van der Waals surface area contributed by atoms with Crippen molar-refractivity contribution in [1.82, 2.24) is 10.6 Å². The number of ether oxygens (including phenoxy) is 2. The molecule has 1 aliphatic heterocycles. The Labute approximate surface area is 170 Å². The Balaban J connectivity index is 2.06. The van der Waals surface area contributed by atoms with Crippen molar-refractivity contribution in [3.63, 3.8) is 0 Å². The van der Waals surface area contributed by atoms with E-state index in [4.69, 9.17) is 21.7 Å². The maximum absolute atomic E-state index is 12.9. The van der Waals surface area contributed by atoms with Gasteiger partial charge in [-0.15, -0.1) is 0 Å². The Morgan fingerprint density at radius 1 is 1.11 bits per heavy atom. The molecule has 0 bridgehead atoms. The van der Waals surface area contributed by atoms with Gasteiger partial charge in [0.15, 0.2) is 5.11 Å². The van der Waals surface area contributed by atoms with Gasteiger partial charge in [0.2, 0.25) is 0 Å². The van der Waals surface area contributed by atoms with Crippen LogP contribution in [0.1, 0.15) is 37.9 Å². The molecule has 1 heterocycles. The normalized spacial score (nSPS) is 16.4. The Morgan fingerprint density at radius 2 is 1.79 bits per heavy atom. The van der Waals surface area contributed by atoms with Crippen LogP contribution in [0.2, 0.25) is 0 Å². The molecular weight excluding hydrogens is 372 g/mol. The number of benzene rings is 2. The molecule has 0 spiro atoms. The first-order valence-corrected chi connectivity index (χ1v) is 9.71. The van der Waals surface area contributed by atoms with Crippen LogP contribution in [0.15, 0.2) is 60.2 Å². The largest absolute Gasteiger partial charge is 0.491 e. The van der Waals surface area contributed by atoms with Crippen LogP contribution in [0.4, 0.5) is 0 Å². The summed E-state index contributed by atoms with van der Waals surface area (Å²) in [5.41, 5.74) is 2.94. The molecule has 1 atom stereocenters. The summed E-state index contributed by atoms with van der Waals surface area (Å²) in [5, 5.41) is 6.79. The summed E-state index contributed by atoms with van der Waals surface area (Å²) < 4.78 is 11.1. The molecule has 0 unspecified atom stereocenters. The average Bonchev–Trinajstić information content (AvgIpc) is 2.68. The molecule has 0 saturated carbocycles. The Kier molecular flexibility index (Phi) is 6.31. The van der Waals surface area contributed by atoms with Gasteiger partial charge >= 0.3 is 5.97 Å². The van der Waals surface area contributed by atoms with Crippen molar-refractivity contribution >= 4 is 29.0 Å². The van der Waals surface area contributed by atoms with E-state index >= 15 is 0 Å². The summed E-state index contributed by atoms with van der Waals surface area (Å²) in [6.07, 6.45) is 0.0927. The minimum Gasteiger partial charge on any atom is -0.491 e. The standard InChI is InChI=1S/C22H24N2O3S/c1-4-26-21(25)18-19(15-8-6-5-7-9-15)23-22(28)24-20(18)16-10-12-17(13-11-16)27-14(2)3/h5-14,20H,4H2,1-3H3,(H2,23,24,28)/t20-/m1/s1. The third-order valence-electron chi connectivity index (χ3n) is 4.22. The number of carbonyl (C=O) groups is 1. The van der Waals surface area contributed by atoms with Crippen molar-refractivity contribution in [2.24, 2.45) is 0 Å². The smallest absolute Gasteiger partial charge is 0.338 e. The number of esters is 1. The molecule has 1 aliphatic rings. The van der Waals surface area contributed by atoms with Gasteiger partial charge in [0, 0.05) is 0 Å². The molecule has 3 rings (SSSR count). The summed E-state index contributed by atoms with van der Waals surface area (Å²) in [6, 6.07) is 16.9. The number of rotatable bonds is 6. The van der Waals surface area contributed by atoms with Crippen LogP contribution in [0, 0.1) is 0 Å². The zero-order chi connectivity index (χ0) is 20.1. The number of hydrogen-bond acceptors (Lipinski definition) is 4. The quantitative estimate of drug-likeness (QED) is 0.569. The monoisotopic (exact) mass is 396 g/mol. The predicted molar refractivity (Wildman–Crippen MR) is 114 cm³/mol. The van der Waals surface area contributed by atoms with Gasteiger partial charge in [-0.05, 0) is 56.2 Å². The van der Waals surface area contributed by atoms with Gasteiger partial charge in [-0.25, -0.2) is 4.79 Å². The maximum atomic E-state index is 12.9. The second kappa shape index (κ2) is 8.89. The number of hydrogen-bond donors (Lipinski definition) is 2. The highest BCUT2D eigenvalue weighted by molar-refractivity contribution is 7.80. The van der Waals surface area contributed by atoms with E-state index in [0.717, 1.165) is 16.9 Å². The highest BCUT2D eigenvalue weighted by atomic mass is 32.1. The van der Waals surface area contributed by atoms with Gasteiger partial charge in [-0.3, -0.25) is 0 Å². The molecule has 0 aromatic heterocycles. The maximum Gasteiger partial charge on any atom is 0.338 e. The average molecular weight is 397 g/mol. The van der Waals surface area contributed by atoms with E-state index in [1.165, 1.54) is 0 Å². The van der Waals surface area contributed by atoms with Gasteiger partial charge in [0.1, 0.15) is 5.75 Å². The number of nitrogens with one attached hydrogen (secondary N) is 2. The van der Waals surface area contributed by atoms with Crippen molar-refractivity contribution in [3.8, 4) is 5.75 Å². The molecule has 2 N–H and O–H groups in total. The first-order chi connectivity index (χ1) is 13.5. The number of thiocarbonyl (C=S) groups is 1. The molecule has 0 radical (unpaired) electrons. The second-order valence-corrected chi connectivity index (χ2v) is 7.05. The van der Waals surface area contributed by atoms with Gasteiger partial charge in [0.25, 0.3) is 0 Å². The molecule has 5 nitrogen and oxygen atoms in total. The molecule has 6 heteroatoms. The first kappa shape index (κ1) is 19.9. The van der Waals surface area contributed by atoms with Crippen LogP contribution in [0.25, 0.3) is 5.70 Å². The van der Waals surface area contributed by atoms with Gasteiger partial charge in [0.05, 0.1) is 30.0 Å². The topological polar surface area (TPSA) is 59.6 Å². The zero-order valence-electron chi connectivity index (χ0n) is 16.2. The Hall–Kier alpha value is -2.86. The SMILES string of the molecule is CCOC(=O)C1=C(c2ccccc2)NC(=S)N[C@@H]1c1ccc(OC(C)C)cc1. The van der Waals surface area contributed by atoms with Crippen LogP contribution < -0.4 is 15.4 Å². The third kappa shape index (κ3) is 4.51. The minimum atomic E-state index is -0.420. The van der Waals surface area contributed by atoms with E-state index in [2.05, 4.69) is 10.6 Å². The molecule has 0 amide bonds. The Bertz CT molecular complexity index is 876. The highest BCUT2D eigenvalue weighted by Crippen LogP contribution is 2.32. The van der Waals surface area contributed by atoms with E-state index in [1.807, 2.05) is 68.4 Å². The van der Waals surface area contributed by atoms with Crippen LogP contribution in [0.5, 0.6) is 5.75 Å². The molecule has 0 fully saturated rings. The van der Waals surface area contributed by atoms with Crippen LogP contribution >= 0.6 is 12.2 Å². The van der Waals surface area contributed by atoms with Crippen LogP contribution in [-0.4, -0.2) is 23.8 Å². The van der Waals surface area contributed by atoms with Crippen molar-refractivity contribution < 1.29 is 14.3 Å². The lowest BCUT2D eigenvalue weighted by Gasteiger charge is -2.31. The van der Waals surface area contributed by atoms with E-state index in [0.29, 0.717) is 23.0 Å². The van der Waals surface area contributed by atoms with Crippen molar-refractivity contribution in [1.29, 1.82) is 0 Å². The van der Waals surface area contributed by atoms with E-state index < -0.39 is 6.04 Å². The Morgan fingerprint density at radius 3 is 2.39 bits per heavy atom. The zero-order valence-corrected chi connectivity index (χ0v) is 17.0. The van der Waals surface area contributed by atoms with Crippen LogP contribution in [-0.2, 0) is 9.53 Å². The summed E-state index contributed by atoms with van der Waals surface area (Å²) in [5.74, 6) is 0.400. The summed E-state index contributed by atoms with van der Waals surface area (Å²) >= 11 is 5.41. The molecule has 2 aromatic rings.